The Bertz CT molecular complexity index is 785. The van der Waals surface area contributed by atoms with E-state index in [4.69, 9.17) is 4.74 Å². The molecule has 6 nitrogen and oxygen atoms in total. The second-order valence-electron chi connectivity index (χ2n) is 8.17. The molecular weight excluding hydrogens is 354 g/mol. The van der Waals surface area contributed by atoms with Crippen LogP contribution < -0.4 is 0 Å². The predicted octanol–water partition coefficient (Wildman–Crippen LogP) is 3.86. The summed E-state index contributed by atoms with van der Waals surface area (Å²) in [6.07, 6.45) is 6.10. The maximum Gasteiger partial charge on any atom is 0.314 e. The van der Waals surface area contributed by atoms with E-state index < -0.39 is 11.9 Å². The molecule has 28 heavy (non-hydrogen) atoms. The van der Waals surface area contributed by atoms with Gasteiger partial charge in [-0.15, -0.1) is 10.2 Å². The number of hydrogen-bond donors (Lipinski definition) is 1. The zero-order valence-corrected chi connectivity index (χ0v) is 16.5. The van der Waals surface area contributed by atoms with Crippen molar-refractivity contribution >= 4 is 5.97 Å². The molecule has 2 aromatic rings. The predicted molar refractivity (Wildman–Crippen MR) is 105 cm³/mol. The summed E-state index contributed by atoms with van der Waals surface area (Å²) in [7, 11) is 0. The number of ether oxygens (including phenoxy) is 1. The van der Waals surface area contributed by atoms with E-state index in [-0.39, 0.29) is 5.92 Å². The third-order valence-corrected chi connectivity index (χ3v) is 5.89. The van der Waals surface area contributed by atoms with E-state index in [0.29, 0.717) is 37.4 Å². The van der Waals surface area contributed by atoms with Crippen LogP contribution in [0.3, 0.4) is 0 Å². The van der Waals surface area contributed by atoms with Gasteiger partial charge in [-0.3, -0.25) is 9.36 Å². The average molecular weight is 383 g/mol. The number of aliphatic carboxylic acids is 1. The lowest BCUT2D eigenvalue weighted by Gasteiger charge is -2.24. The molecule has 2 saturated carbocycles. The zero-order valence-electron chi connectivity index (χ0n) is 16.5. The van der Waals surface area contributed by atoms with Gasteiger partial charge in [-0.05, 0) is 55.4 Å². The maximum atomic E-state index is 12.3. The summed E-state index contributed by atoms with van der Waals surface area (Å²) in [5.74, 6) is 1.19. The highest BCUT2D eigenvalue weighted by Gasteiger charge is 2.50. The van der Waals surface area contributed by atoms with E-state index in [2.05, 4.69) is 29.3 Å². The van der Waals surface area contributed by atoms with Gasteiger partial charge in [0.25, 0.3) is 0 Å². The summed E-state index contributed by atoms with van der Waals surface area (Å²) in [6, 6.07) is 10.1. The lowest BCUT2D eigenvalue weighted by molar-refractivity contribution is -0.141. The third kappa shape index (κ3) is 4.27. The maximum absolute atomic E-state index is 12.3. The molecular formula is C22H29N3O3. The number of carbonyl (C=O) groups is 1. The summed E-state index contributed by atoms with van der Waals surface area (Å²) >= 11 is 0. The largest absolute Gasteiger partial charge is 0.481 e. The first-order valence-corrected chi connectivity index (χ1v) is 10.5. The molecule has 0 spiro atoms. The van der Waals surface area contributed by atoms with Crippen molar-refractivity contribution < 1.29 is 14.6 Å². The fourth-order valence-electron chi connectivity index (χ4n) is 4.27. The highest BCUT2D eigenvalue weighted by Crippen LogP contribution is 2.54. The molecule has 0 aliphatic heterocycles. The molecule has 1 heterocycles. The standard InChI is InChI=1S/C22H29N3O3/c1-2-12-28-14-25-18(13-15-6-4-3-5-7-15)23-24-21(25)20(22(26)27)19(16-8-9-16)17-10-11-17/h3-7,16-17,19-20H,2,8-14H2,1H3,(H,26,27). The third-order valence-electron chi connectivity index (χ3n) is 5.89. The minimum atomic E-state index is -0.779. The Labute approximate surface area is 165 Å². The molecule has 2 aliphatic rings. The van der Waals surface area contributed by atoms with Crippen molar-refractivity contribution in [3.8, 4) is 0 Å². The fraction of sp³-hybridized carbons (Fsp3) is 0.591. The van der Waals surface area contributed by atoms with Crippen LogP contribution in [0.2, 0.25) is 0 Å². The molecule has 2 fully saturated rings. The minimum absolute atomic E-state index is 0.177. The molecule has 0 saturated heterocycles. The molecule has 6 heteroatoms. The Balaban J connectivity index is 1.66. The quantitative estimate of drug-likeness (QED) is 0.596. The van der Waals surface area contributed by atoms with Gasteiger partial charge in [-0.1, -0.05) is 37.3 Å². The van der Waals surface area contributed by atoms with Crippen molar-refractivity contribution in [2.75, 3.05) is 6.61 Å². The highest BCUT2D eigenvalue weighted by molar-refractivity contribution is 5.75. The molecule has 1 N–H and O–H groups in total. The van der Waals surface area contributed by atoms with Gasteiger partial charge in [-0.25, -0.2) is 0 Å². The molecule has 1 unspecified atom stereocenters. The fourth-order valence-corrected chi connectivity index (χ4v) is 4.27. The van der Waals surface area contributed by atoms with Gasteiger partial charge in [0.1, 0.15) is 24.3 Å². The number of carboxylic acids is 1. The van der Waals surface area contributed by atoms with Crippen LogP contribution in [0.1, 0.15) is 62.2 Å². The second-order valence-corrected chi connectivity index (χ2v) is 8.17. The summed E-state index contributed by atoms with van der Waals surface area (Å²) in [6.45, 7) is 3.01. The molecule has 1 aromatic carbocycles. The van der Waals surface area contributed by atoms with Crippen LogP contribution in [0.4, 0.5) is 0 Å². The van der Waals surface area contributed by atoms with Gasteiger partial charge in [-0.2, -0.15) is 0 Å². The number of rotatable bonds is 11. The van der Waals surface area contributed by atoms with Crippen LogP contribution in [0.25, 0.3) is 0 Å². The first kappa shape index (κ1) is 19.1. The van der Waals surface area contributed by atoms with Crippen LogP contribution in [-0.4, -0.2) is 32.4 Å². The number of aromatic nitrogens is 3. The van der Waals surface area contributed by atoms with Gasteiger partial charge in [0.05, 0.1) is 0 Å². The Kier molecular flexibility index (Phi) is 5.76. The number of carboxylic acid groups (broad SMARTS) is 1. The van der Waals surface area contributed by atoms with Crippen molar-refractivity contribution in [2.24, 2.45) is 17.8 Å². The number of nitrogens with zero attached hydrogens (tertiary/aromatic N) is 3. The molecule has 4 rings (SSSR count). The molecule has 0 amide bonds. The van der Waals surface area contributed by atoms with Crippen LogP contribution in [0, 0.1) is 17.8 Å². The number of hydrogen-bond acceptors (Lipinski definition) is 4. The minimum Gasteiger partial charge on any atom is -0.481 e. The van der Waals surface area contributed by atoms with E-state index in [1.807, 2.05) is 22.8 Å². The van der Waals surface area contributed by atoms with Gasteiger partial charge >= 0.3 is 5.97 Å². The molecule has 150 valence electrons. The van der Waals surface area contributed by atoms with E-state index in [0.717, 1.165) is 43.5 Å². The zero-order chi connectivity index (χ0) is 19.5. The van der Waals surface area contributed by atoms with E-state index in [1.54, 1.807) is 0 Å². The van der Waals surface area contributed by atoms with E-state index in [9.17, 15) is 9.90 Å². The number of benzene rings is 1. The van der Waals surface area contributed by atoms with Crippen molar-refractivity contribution in [2.45, 2.75) is 58.1 Å². The first-order valence-electron chi connectivity index (χ1n) is 10.5. The van der Waals surface area contributed by atoms with E-state index >= 15 is 0 Å². The smallest absolute Gasteiger partial charge is 0.314 e. The SMILES string of the molecule is CCCOCn1c(Cc2ccccc2)nnc1C(C(=O)O)C(C1CC1)C1CC1. The average Bonchev–Trinajstić information content (AvgIpc) is 3.61. The van der Waals surface area contributed by atoms with Crippen molar-refractivity contribution in [1.29, 1.82) is 0 Å². The van der Waals surface area contributed by atoms with Gasteiger partial charge in [0.15, 0.2) is 0 Å². The molecule has 0 radical (unpaired) electrons. The lowest BCUT2D eigenvalue weighted by Crippen LogP contribution is -2.28. The van der Waals surface area contributed by atoms with E-state index in [1.165, 1.54) is 0 Å². The highest BCUT2D eigenvalue weighted by atomic mass is 16.5. The van der Waals surface area contributed by atoms with Gasteiger partial charge in [0, 0.05) is 13.0 Å². The molecule has 2 aliphatic carbocycles. The second kappa shape index (κ2) is 8.43. The first-order chi connectivity index (χ1) is 13.7. The molecule has 0 bridgehead atoms. The monoisotopic (exact) mass is 383 g/mol. The Morgan fingerprint density at radius 1 is 1.18 bits per heavy atom. The molecule has 1 aromatic heterocycles. The summed E-state index contributed by atoms with van der Waals surface area (Å²) in [5, 5.41) is 18.9. The van der Waals surface area contributed by atoms with Crippen molar-refractivity contribution in [3.05, 3.63) is 47.5 Å². The summed E-state index contributed by atoms with van der Waals surface area (Å²) < 4.78 is 7.71. The Hall–Kier alpha value is -2.21. The Morgan fingerprint density at radius 3 is 2.43 bits per heavy atom. The normalized spacial score (nSPS) is 17.8. The van der Waals surface area contributed by atoms with Crippen molar-refractivity contribution in [3.63, 3.8) is 0 Å². The topological polar surface area (TPSA) is 77.2 Å². The molecule has 1 atom stereocenters. The summed E-state index contributed by atoms with van der Waals surface area (Å²) in [4.78, 5) is 12.3. The van der Waals surface area contributed by atoms with Crippen LogP contribution in [-0.2, 0) is 22.7 Å². The van der Waals surface area contributed by atoms with Crippen molar-refractivity contribution in [1.82, 2.24) is 14.8 Å². The van der Waals surface area contributed by atoms with Gasteiger partial charge < -0.3 is 9.84 Å². The van der Waals surface area contributed by atoms with Gasteiger partial charge in [0.2, 0.25) is 0 Å². The lowest BCUT2D eigenvalue weighted by atomic mass is 9.83. The Morgan fingerprint density at radius 2 is 1.86 bits per heavy atom. The van der Waals surface area contributed by atoms with Crippen LogP contribution >= 0.6 is 0 Å². The summed E-state index contributed by atoms with van der Waals surface area (Å²) in [5.41, 5.74) is 1.13. The van der Waals surface area contributed by atoms with Crippen LogP contribution in [0.15, 0.2) is 30.3 Å². The van der Waals surface area contributed by atoms with Crippen LogP contribution in [0.5, 0.6) is 0 Å².